The number of ether oxygens (including phenoxy) is 2. The Hall–Kier alpha value is -4.65. The molecule has 51 heavy (non-hydrogen) atoms. The van der Waals surface area contributed by atoms with Crippen LogP contribution in [0.3, 0.4) is 0 Å². The molecule has 4 amide bonds. The van der Waals surface area contributed by atoms with Crippen LogP contribution in [0.25, 0.3) is 0 Å². The molecule has 5 rings (SSSR count). The first kappa shape index (κ1) is 37.6. The lowest BCUT2D eigenvalue weighted by molar-refractivity contribution is -0.145. The molecule has 6 atom stereocenters. The highest BCUT2D eigenvalue weighted by atomic mass is 35.5. The Morgan fingerprint density at radius 1 is 1.06 bits per heavy atom. The average molecular weight is 724 g/mol. The molecule has 1 spiro atoms. The number of amides is 4. The van der Waals surface area contributed by atoms with Crippen LogP contribution < -0.4 is 25.8 Å². The fourth-order valence-electron chi connectivity index (χ4n) is 6.97. The number of nitrogens with two attached hydrogens (primary N) is 1. The number of primary amides is 1. The highest BCUT2D eigenvalue weighted by Gasteiger charge is 2.56. The summed E-state index contributed by atoms with van der Waals surface area (Å²) in [4.78, 5) is 74.2. The topological polar surface area (TPSA) is 179 Å². The molecule has 3 aliphatic rings. The summed E-state index contributed by atoms with van der Waals surface area (Å²) in [6.07, 6.45) is 1.52. The van der Waals surface area contributed by atoms with Gasteiger partial charge >= 0.3 is 0 Å². The second kappa shape index (κ2) is 14.9. The van der Waals surface area contributed by atoms with Crippen molar-refractivity contribution in [3.05, 3.63) is 58.6 Å². The molecule has 14 heteroatoms. The van der Waals surface area contributed by atoms with E-state index in [0.29, 0.717) is 40.6 Å². The molecule has 0 aromatic heterocycles. The number of oxime groups is 1. The summed E-state index contributed by atoms with van der Waals surface area (Å²) in [5.41, 5.74) is 5.50. The SMILES string of the molecule is CCC[C@H](NC(=O)[C@@H]1C[C@]2(CC(c3cc(Cl)c(OC)cc3OC)=NO2)CN1C(=O)[C@@H](NC(=O)[C@H]1C[C@@H]1c1ccccc1)C(C)(C)C)C(=O)C(N)=O. The number of ketones is 1. The van der Waals surface area contributed by atoms with Gasteiger partial charge in [0.25, 0.3) is 5.91 Å². The highest BCUT2D eigenvalue weighted by Crippen LogP contribution is 2.48. The summed E-state index contributed by atoms with van der Waals surface area (Å²) < 4.78 is 10.9. The third-order valence-electron chi connectivity index (χ3n) is 9.82. The predicted octanol–water partition coefficient (Wildman–Crippen LogP) is 3.50. The van der Waals surface area contributed by atoms with Gasteiger partial charge in [0.1, 0.15) is 23.6 Å². The van der Waals surface area contributed by atoms with Crippen LogP contribution in [0.15, 0.2) is 47.6 Å². The number of carbonyl (C=O) groups is 5. The lowest BCUT2D eigenvalue weighted by Gasteiger charge is -2.35. The van der Waals surface area contributed by atoms with E-state index in [1.165, 1.54) is 19.1 Å². The maximum Gasteiger partial charge on any atom is 0.287 e. The third kappa shape index (κ3) is 7.98. The van der Waals surface area contributed by atoms with Crippen molar-refractivity contribution in [3.63, 3.8) is 0 Å². The third-order valence-corrected chi connectivity index (χ3v) is 10.1. The molecule has 0 bridgehead atoms. The number of hydrogen-bond acceptors (Lipinski definition) is 9. The van der Waals surface area contributed by atoms with E-state index in [2.05, 4.69) is 15.8 Å². The number of Topliss-reactive ketones (excluding diaryl/α,β-unsaturated/α-hetero) is 1. The summed E-state index contributed by atoms with van der Waals surface area (Å²) in [5, 5.41) is 10.4. The van der Waals surface area contributed by atoms with Crippen LogP contribution in [0, 0.1) is 11.3 Å². The first-order chi connectivity index (χ1) is 24.1. The first-order valence-corrected chi connectivity index (χ1v) is 17.5. The van der Waals surface area contributed by atoms with E-state index < -0.39 is 52.6 Å². The van der Waals surface area contributed by atoms with Crippen molar-refractivity contribution in [2.24, 2.45) is 22.2 Å². The van der Waals surface area contributed by atoms with Crippen molar-refractivity contribution < 1.29 is 38.3 Å². The van der Waals surface area contributed by atoms with Crippen LogP contribution in [-0.4, -0.2) is 84.5 Å². The second-order valence-corrected chi connectivity index (χ2v) is 15.0. The number of carbonyl (C=O) groups excluding carboxylic acids is 5. The summed E-state index contributed by atoms with van der Waals surface area (Å²) in [5.74, 6) is -2.87. The minimum absolute atomic E-state index is 0.0108. The molecule has 13 nitrogen and oxygen atoms in total. The van der Waals surface area contributed by atoms with E-state index in [1.54, 1.807) is 19.1 Å². The molecule has 1 saturated heterocycles. The van der Waals surface area contributed by atoms with Gasteiger partial charge in [0.05, 0.1) is 37.5 Å². The maximum atomic E-state index is 14.6. The molecule has 0 radical (unpaired) electrons. The Morgan fingerprint density at radius 2 is 1.75 bits per heavy atom. The number of halogens is 1. The van der Waals surface area contributed by atoms with Crippen LogP contribution in [0.2, 0.25) is 5.02 Å². The smallest absolute Gasteiger partial charge is 0.287 e. The maximum absolute atomic E-state index is 14.6. The van der Waals surface area contributed by atoms with Crippen LogP contribution in [0.1, 0.15) is 76.8 Å². The molecular formula is C37H46ClN5O8. The minimum atomic E-state index is -1.17. The van der Waals surface area contributed by atoms with Gasteiger partial charge in [0.15, 0.2) is 5.60 Å². The molecule has 274 valence electrons. The van der Waals surface area contributed by atoms with Gasteiger partial charge in [-0.25, -0.2) is 0 Å². The first-order valence-electron chi connectivity index (χ1n) is 17.1. The Morgan fingerprint density at radius 3 is 2.35 bits per heavy atom. The molecule has 2 fully saturated rings. The van der Waals surface area contributed by atoms with E-state index >= 15 is 0 Å². The van der Waals surface area contributed by atoms with Crippen LogP contribution in [0.5, 0.6) is 11.5 Å². The van der Waals surface area contributed by atoms with Gasteiger partial charge in [-0.2, -0.15) is 0 Å². The Bertz CT molecular complexity index is 1730. The Labute approximate surface area is 302 Å². The normalized spacial score (nSPS) is 23.5. The van der Waals surface area contributed by atoms with Crippen molar-refractivity contribution in [2.45, 2.75) is 89.4 Å². The number of rotatable bonds is 13. The number of nitrogens with one attached hydrogen (secondary N) is 2. The molecule has 2 aliphatic heterocycles. The van der Waals surface area contributed by atoms with Crippen LogP contribution >= 0.6 is 11.6 Å². The molecule has 1 aliphatic carbocycles. The molecule has 4 N–H and O–H groups in total. The predicted molar refractivity (Wildman–Crippen MR) is 189 cm³/mol. The number of likely N-dealkylation sites (tertiary alicyclic amines) is 1. The molecule has 0 unspecified atom stereocenters. The zero-order valence-corrected chi connectivity index (χ0v) is 30.5. The van der Waals surface area contributed by atoms with Gasteiger partial charge < -0.3 is 35.6 Å². The highest BCUT2D eigenvalue weighted by molar-refractivity contribution is 6.37. The van der Waals surface area contributed by atoms with E-state index in [0.717, 1.165) is 5.56 Å². The molecule has 2 aromatic carbocycles. The van der Waals surface area contributed by atoms with Crippen LogP contribution in [0.4, 0.5) is 0 Å². The van der Waals surface area contributed by atoms with E-state index in [1.807, 2.05) is 51.1 Å². The molecule has 2 heterocycles. The summed E-state index contributed by atoms with van der Waals surface area (Å²) in [7, 11) is 2.99. The fraction of sp³-hybridized carbons (Fsp3) is 0.514. The number of methoxy groups -OCH3 is 2. The van der Waals surface area contributed by atoms with Gasteiger partial charge in [-0.15, -0.1) is 0 Å². The summed E-state index contributed by atoms with van der Waals surface area (Å²) in [6, 6.07) is 9.73. The fourth-order valence-corrected chi connectivity index (χ4v) is 7.21. The molecular weight excluding hydrogens is 678 g/mol. The van der Waals surface area contributed by atoms with Gasteiger partial charge in [0, 0.05) is 30.4 Å². The Balaban J connectivity index is 1.43. The quantitative estimate of drug-likeness (QED) is 0.263. The monoisotopic (exact) mass is 723 g/mol. The summed E-state index contributed by atoms with van der Waals surface area (Å²) in [6.45, 7) is 7.28. The number of nitrogens with zero attached hydrogens (tertiary/aromatic N) is 2. The minimum Gasteiger partial charge on any atom is -0.496 e. The Kier molecular flexibility index (Phi) is 11.0. The van der Waals surface area contributed by atoms with Crippen molar-refractivity contribution >= 4 is 46.7 Å². The zero-order chi connectivity index (χ0) is 37.2. The standard InChI is InChI=1S/C37H46ClN5O8/c1-7-11-25(30(44)32(39)45)40-34(47)27-18-37(17-26(42-51-37)23-15-24(38)29(50-6)16-28(23)49-5)19-43(27)35(48)31(36(2,3)4)41-33(46)22-14-21(22)20-12-9-8-10-13-20/h8-10,12-13,15-16,21-22,25,27,31H,7,11,14,17-19H2,1-6H3,(H2,39,45)(H,40,47)(H,41,46)/t21-,22+,25+,27+,31-,37-/m1/s1. The zero-order valence-electron chi connectivity index (χ0n) is 29.8. The van der Waals surface area contributed by atoms with E-state index in [-0.39, 0.29) is 43.6 Å². The van der Waals surface area contributed by atoms with E-state index in [4.69, 9.17) is 31.6 Å². The van der Waals surface area contributed by atoms with E-state index in [9.17, 15) is 24.0 Å². The lowest BCUT2D eigenvalue weighted by Crippen LogP contribution is -2.59. The van der Waals surface area contributed by atoms with Gasteiger partial charge in [-0.05, 0) is 35.8 Å². The van der Waals surface area contributed by atoms with Crippen molar-refractivity contribution in [1.29, 1.82) is 0 Å². The van der Waals surface area contributed by atoms with Crippen molar-refractivity contribution in [1.82, 2.24) is 15.5 Å². The molecule has 2 aromatic rings. The van der Waals surface area contributed by atoms with Gasteiger partial charge in [-0.1, -0.05) is 81.2 Å². The van der Waals surface area contributed by atoms with Gasteiger partial charge in [-0.3, -0.25) is 24.0 Å². The van der Waals surface area contributed by atoms with Crippen LogP contribution in [-0.2, 0) is 28.8 Å². The van der Waals surface area contributed by atoms with Gasteiger partial charge in [0.2, 0.25) is 23.5 Å². The largest absolute Gasteiger partial charge is 0.496 e. The number of benzene rings is 2. The average Bonchev–Trinajstić information content (AvgIpc) is 3.67. The van der Waals surface area contributed by atoms with Crippen molar-refractivity contribution in [3.8, 4) is 11.5 Å². The summed E-state index contributed by atoms with van der Waals surface area (Å²) >= 11 is 6.45. The van der Waals surface area contributed by atoms with Crippen molar-refractivity contribution in [2.75, 3.05) is 20.8 Å². The number of hydrogen-bond donors (Lipinski definition) is 3. The molecule has 1 saturated carbocycles. The lowest BCUT2D eigenvalue weighted by atomic mass is 9.85. The second-order valence-electron chi connectivity index (χ2n) is 14.6.